The molecule has 2 amide bonds. The van der Waals surface area contributed by atoms with E-state index in [2.05, 4.69) is 12.1 Å². The Hall–Kier alpha value is -3.69. The highest BCUT2D eigenvalue weighted by atomic mass is 35.5. The lowest BCUT2D eigenvalue weighted by atomic mass is 9.54. The molecule has 3 nitrogen and oxygen atoms in total. The number of hydrogen-bond acceptors (Lipinski definition) is 2. The molecule has 2 bridgehead atoms. The summed E-state index contributed by atoms with van der Waals surface area (Å²) in [6.45, 7) is 0. The molecule has 4 aromatic rings. The zero-order chi connectivity index (χ0) is 23.0. The lowest BCUT2D eigenvalue weighted by Crippen LogP contribution is -2.50. The molecule has 1 heterocycles. The lowest BCUT2D eigenvalue weighted by molar-refractivity contribution is -0.122. The summed E-state index contributed by atoms with van der Waals surface area (Å²) in [5.41, 5.74) is 6.73. The minimum Gasteiger partial charge on any atom is -0.274 e. The normalized spacial score (nSPS) is 26.3. The molecule has 0 radical (unpaired) electrons. The summed E-state index contributed by atoms with van der Waals surface area (Å²) in [4.78, 5) is 28.2. The second kappa shape index (κ2) is 6.91. The number of alkyl halides is 1. The standard InChI is InChI=1S/C30H20ClNO2/c31-30-23-12-6-4-10-21(23)25(22-11-5-7-13-24(22)30)26-27(30)29(34)32(28(26)33)20-16-14-19(15-17-20)18-8-2-1-3-9-18/h1-17,25-27H/t25?,26-,27+,30?/m0/s1. The molecule has 1 fully saturated rings. The second-order valence-corrected chi connectivity index (χ2v) is 9.89. The van der Waals surface area contributed by atoms with E-state index in [4.69, 9.17) is 11.6 Å². The van der Waals surface area contributed by atoms with E-state index in [-0.39, 0.29) is 17.7 Å². The Balaban J connectivity index is 1.36. The Morgan fingerprint density at radius 3 is 1.76 bits per heavy atom. The zero-order valence-electron chi connectivity index (χ0n) is 18.2. The number of benzene rings is 4. The molecular weight excluding hydrogens is 442 g/mol. The average molecular weight is 462 g/mol. The van der Waals surface area contributed by atoms with Crippen molar-refractivity contribution in [1.82, 2.24) is 0 Å². The number of rotatable bonds is 2. The first kappa shape index (κ1) is 19.7. The summed E-state index contributed by atoms with van der Waals surface area (Å²) >= 11 is 7.48. The average Bonchev–Trinajstić information content (AvgIpc) is 3.16. The highest BCUT2D eigenvalue weighted by molar-refractivity contribution is 6.33. The van der Waals surface area contributed by atoms with Gasteiger partial charge in [-0.05, 0) is 45.5 Å². The maximum atomic E-state index is 13.9. The van der Waals surface area contributed by atoms with Crippen LogP contribution in [0.5, 0.6) is 0 Å². The van der Waals surface area contributed by atoms with E-state index in [0.717, 1.165) is 33.4 Å². The highest BCUT2D eigenvalue weighted by Gasteiger charge is 2.67. The zero-order valence-corrected chi connectivity index (χ0v) is 18.9. The summed E-state index contributed by atoms with van der Waals surface area (Å²) < 4.78 is 0. The second-order valence-electron chi connectivity index (χ2n) is 9.29. The first-order valence-electron chi connectivity index (χ1n) is 11.5. The fraction of sp³-hybridized carbons (Fsp3) is 0.133. The number of imide groups is 1. The number of carbonyl (C=O) groups excluding carboxylic acids is 2. The molecule has 3 aliphatic carbocycles. The molecule has 2 atom stereocenters. The van der Waals surface area contributed by atoms with Crippen LogP contribution in [0.15, 0.2) is 103 Å². The molecule has 0 unspecified atom stereocenters. The third kappa shape index (κ3) is 2.37. The Labute approximate surface area is 202 Å². The molecule has 1 saturated heterocycles. The molecule has 8 rings (SSSR count). The summed E-state index contributed by atoms with van der Waals surface area (Å²) in [6, 6.07) is 33.7. The Morgan fingerprint density at radius 2 is 1.15 bits per heavy atom. The van der Waals surface area contributed by atoms with Crippen molar-refractivity contribution in [2.75, 3.05) is 4.90 Å². The third-order valence-electron chi connectivity index (χ3n) is 7.75. The first-order valence-corrected chi connectivity index (χ1v) is 11.9. The molecule has 4 heteroatoms. The fourth-order valence-corrected chi connectivity index (χ4v) is 6.94. The summed E-state index contributed by atoms with van der Waals surface area (Å²) in [5, 5.41) is 0. The van der Waals surface area contributed by atoms with Crippen LogP contribution in [0.4, 0.5) is 5.69 Å². The van der Waals surface area contributed by atoms with Crippen LogP contribution >= 0.6 is 11.6 Å². The van der Waals surface area contributed by atoms with Gasteiger partial charge in [0.2, 0.25) is 11.8 Å². The van der Waals surface area contributed by atoms with Gasteiger partial charge in [0.05, 0.1) is 17.5 Å². The Morgan fingerprint density at radius 1 is 0.618 bits per heavy atom. The molecule has 0 saturated carbocycles. The smallest absolute Gasteiger partial charge is 0.240 e. The van der Waals surface area contributed by atoms with Gasteiger partial charge in [-0.3, -0.25) is 9.59 Å². The van der Waals surface area contributed by atoms with Crippen LogP contribution in [-0.2, 0) is 14.5 Å². The number of hydrogen-bond donors (Lipinski definition) is 0. The van der Waals surface area contributed by atoms with Crippen molar-refractivity contribution >= 4 is 29.1 Å². The summed E-state index contributed by atoms with van der Waals surface area (Å²) in [7, 11) is 0. The van der Waals surface area contributed by atoms with Crippen LogP contribution in [0.2, 0.25) is 0 Å². The summed E-state index contributed by atoms with van der Waals surface area (Å²) in [6.07, 6.45) is 0. The van der Waals surface area contributed by atoms with Crippen molar-refractivity contribution in [3.8, 4) is 11.1 Å². The van der Waals surface area contributed by atoms with Gasteiger partial charge in [0.25, 0.3) is 0 Å². The maximum absolute atomic E-state index is 13.9. The van der Waals surface area contributed by atoms with Crippen LogP contribution in [0.25, 0.3) is 11.1 Å². The van der Waals surface area contributed by atoms with Gasteiger partial charge in [0.15, 0.2) is 0 Å². The van der Waals surface area contributed by atoms with E-state index in [1.165, 1.54) is 4.90 Å². The Kier molecular flexibility index (Phi) is 4.01. The minimum atomic E-state index is -1.06. The molecule has 1 aliphatic heterocycles. The monoisotopic (exact) mass is 461 g/mol. The Bertz CT molecular complexity index is 1430. The predicted octanol–water partition coefficient (Wildman–Crippen LogP) is 6.10. The molecule has 0 aromatic heterocycles. The van der Waals surface area contributed by atoms with Gasteiger partial charge < -0.3 is 0 Å². The number of amides is 2. The van der Waals surface area contributed by atoms with E-state index >= 15 is 0 Å². The first-order chi connectivity index (χ1) is 16.6. The number of halogens is 1. The predicted molar refractivity (Wildman–Crippen MR) is 133 cm³/mol. The van der Waals surface area contributed by atoms with E-state index in [1.54, 1.807) is 0 Å². The quantitative estimate of drug-likeness (QED) is 0.267. The van der Waals surface area contributed by atoms with Gasteiger partial charge in [0, 0.05) is 5.92 Å². The van der Waals surface area contributed by atoms with Crippen molar-refractivity contribution in [2.45, 2.75) is 10.8 Å². The van der Waals surface area contributed by atoms with Crippen molar-refractivity contribution in [2.24, 2.45) is 11.8 Å². The molecule has 164 valence electrons. The van der Waals surface area contributed by atoms with Crippen LogP contribution in [-0.4, -0.2) is 11.8 Å². The van der Waals surface area contributed by atoms with Crippen molar-refractivity contribution in [1.29, 1.82) is 0 Å². The van der Waals surface area contributed by atoms with Gasteiger partial charge >= 0.3 is 0 Å². The minimum absolute atomic E-state index is 0.165. The van der Waals surface area contributed by atoms with Crippen LogP contribution in [0.3, 0.4) is 0 Å². The third-order valence-corrected chi connectivity index (χ3v) is 8.39. The number of carbonyl (C=O) groups is 2. The van der Waals surface area contributed by atoms with E-state index < -0.39 is 16.7 Å². The number of nitrogens with zero attached hydrogens (tertiary/aromatic N) is 1. The molecule has 0 spiro atoms. The van der Waals surface area contributed by atoms with Gasteiger partial charge in [0.1, 0.15) is 4.87 Å². The summed E-state index contributed by atoms with van der Waals surface area (Å²) in [5.74, 6) is -1.70. The van der Waals surface area contributed by atoms with E-state index in [9.17, 15) is 9.59 Å². The molecule has 34 heavy (non-hydrogen) atoms. The topological polar surface area (TPSA) is 37.4 Å². The van der Waals surface area contributed by atoms with Crippen molar-refractivity contribution in [3.05, 3.63) is 125 Å². The molecule has 0 N–H and O–H groups in total. The van der Waals surface area contributed by atoms with Crippen LogP contribution < -0.4 is 4.90 Å². The highest BCUT2D eigenvalue weighted by Crippen LogP contribution is 2.65. The largest absolute Gasteiger partial charge is 0.274 e. The van der Waals surface area contributed by atoms with Gasteiger partial charge in [-0.1, -0.05) is 91.0 Å². The van der Waals surface area contributed by atoms with Gasteiger partial charge in [-0.25, -0.2) is 4.90 Å². The number of anilines is 1. The molecule has 4 aromatic carbocycles. The van der Waals surface area contributed by atoms with Crippen molar-refractivity contribution in [3.63, 3.8) is 0 Å². The molecule has 4 aliphatic rings. The van der Waals surface area contributed by atoms with Crippen molar-refractivity contribution < 1.29 is 9.59 Å². The van der Waals surface area contributed by atoms with E-state index in [0.29, 0.717) is 5.69 Å². The van der Waals surface area contributed by atoms with Crippen LogP contribution in [0.1, 0.15) is 28.2 Å². The SMILES string of the molecule is O=C1[C@H]2C3c4ccccc4C(Cl)(c4ccccc43)[C@H]2C(=O)N1c1ccc(-c2ccccc2)cc1. The lowest BCUT2D eigenvalue weighted by Gasteiger charge is -2.50. The maximum Gasteiger partial charge on any atom is 0.240 e. The van der Waals surface area contributed by atoms with Gasteiger partial charge in [-0.2, -0.15) is 0 Å². The molecular formula is C30H20ClNO2. The van der Waals surface area contributed by atoms with E-state index in [1.807, 2.05) is 91.0 Å². The van der Waals surface area contributed by atoms with Gasteiger partial charge in [-0.15, -0.1) is 11.6 Å². The fourth-order valence-electron chi connectivity index (χ4n) is 6.37. The van der Waals surface area contributed by atoms with Crippen LogP contribution in [0, 0.1) is 11.8 Å².